The van der Waals surface area contributed by atoms with Gasteiger partial charge in [-0.05, 0) is 36.4 Å². The molecule has 2 fully saturated rings. The lowest BCUT2D eigenvalue weighted by atomic mass is 9.89. The highest BCUT2D eigenvalue weighted by Crippen LogP contribution is 2.46. The molecule has 19 heteroatoms. The summed E-state index contributed by atoms with van der Waals surface area (Å²) in [5, 5.41) is 115. The van der Waals surface area contributed by atoms with Crippen LogP contribution in [-0.2, 0) is 19.0 Å². The van der Waals surface area contributed by atoms with E-state index < -0.39 is 120 Å². The van der Waals surface area contributed by atoms with Crippen molar-refractivity contribution < 1.29 is 89.1 Å². The molecular weight excluding hydrogens is 748 g/mol. The molecule has 0 radical (unpaired) electrons. The molecule has 0 spiro atoms. The van der Waals surface area contributed by atoms with Gasteiger partial charge >= 0.3 is 5.97 Å². The van der Waals surface area contributed by atoms with Crippen LogP contribution in [0, 0.1) is 0 Å². The van der Waals surface area contributed by atoms with Crippen LogP contribution in [0.3, 0.4) is 0 Å². The van der Waals surface area contributed by atoms with Crippen molar-refractivity contribution in [3.8, 4) is 45.8 Å². The Morgan fingerprint density at radius 3 is 2.12 bits per heavy atom. The molecule has 3 aromatic carbocycles. The standard InChI is InChI=1S/C37H38O19/c1-51-20-9-18(41)17(40)8-15(20)4-7-26(43)52-13-25-30(45)33(48)35(50)37(56-25)55-23-11-22-27(19(42)10-21(53-22)14-2-5-16(39)6-3-14)31(46)28(23)36-34(49)32(47)29(44)24(12-38)54-36/h2-11,24-25,29-30,32-41,44-50H,12-13H2,1H3/b7-4+/t24-,25-,29-,30-,32+,33+,34-,35-,36+,37?/m1/s1. The fourth-order valence-electron chi connectivity index (χ4n) is 6.30. The first kappa shape index (κ1) is 40.2. The smallest absolute Gasteiger partial charge is 0.330 e. The molecule has 56 heavy (non-hydrogen) atoms. The van der Waals surface area contributed by atoms with Crippen molar-refractivity contribution in [2.75, 3.05) is 20.3 Å². The van der Waals surface area contributed by atoms with E-state index in [1.165, 1.54) is 37.5 Å². The van der Waals surface area contributed by atoms with E-state index in [0.717, 1.165) is 30.3 Å². The fourth-order valence-corrected chi connectivity index (χ4v) is 6.30. The summed E-state index contributed by atoms with van der Waals surface area (Å²) >= 11 is 0. The van der Waals surface area contributed by atoms with Crippen LogP contribution >= 0.6 is 0 Å². The number of aliphatic hydroxyl groups is 7. The van der Waals surface area contributed by atoms with Gasteiger partial charge in [-0.15, -0.1) is 0 Å². The fraction of sp³-hybridized carbons (Fsp3) is 0.351. The summed E-state index contributed by atoms with van der Waals surface area (Å²) in [5.41, 5.74) is -1.17. The first-order valence-corrected chi connectivity index (χ1v) is 16.9. The summed E-state index contributed by atoms with van der Waals surface area (Å²) < 4.78 is 33.5. The average molecular weight is 787 g/mol. The summed E-state index contributed by atoms with van der Waals surface area (Å²) in [6, 6.07) is 9.85. The number of hydrogen-bond acceptors (Lipinski definition) is 19. The molecule has 6 rings (SSSR count). The van der Waals surface area contributed by atoms with Gasteiger partial charge in [0, 0.05) is 35.4 Å². The first-order chi connectivity index (χ1) is 26.6. The van der Waals surface area contributed by atoms with Crippen LogP contribution < -0.4 is 14.9 Å². The van der Waals surface area contributed by atoms with Gasteiger partial charge in [0.2, 0.25) is 6.29 Å². The van der Waals surface area contributed by atoms with E-state index in [9.17, 15) is 65.8 Å². The summed E-state index contributed by atoms with van der Waals surface area (Å²) in [5.74, 6) is -3.41. The van der Waals surface area contributed by atoms with Crippen LogP contribution in [0.25, 0.3) is 28.4 Å². The van der Waals surface area contributed by atoms with Gasteiger partial charge in [0.05, 0.1) is 19.3 Å². The predicted octanol–water partition coefficient (Wildman–Crippen LogP) is -0.751. The van der Waals surface area contributed by atoms with Crippen LogP contribution in [0.5, 0.6) is 34.5 Å². The van der Waals surface area contributed by atoms with E-state index in [1.54, 1.807) is 0 Å². The molecular formula is C37H38O19. The summed E-state index contributed by atoms with van der Waals surface area (Å²) in [7, 11) is 1.29. The van der Waals surface area contributed by atoms with Gasteiger partial charge in [-0.1, -0.05) is 0 Å². The summed E-state index contributed by atoms with van der Waals surface area (Å²) in [6.45, 7) is -1.60. The van der Waals surface area contributed by atoms with E-state index in [0.29, 0.717) is 5.56 Å². The lowest BCUT2D eigenvalue weighted by molar-refractivity contribution is -0.279. The van der Waals surface area contributed by atoms with Crippen LogP contribution in [-0.4, -0.2) is 138 Å². The minimum atomic E-state index is -2.04. The second kappa shape index (κ2) is 16.3. The van der Waals surface area contributed by atoms with Crippen molar-refractivity contribution in [3.63, 3.8) is 0 Å². The van der Waals surface area contributed by atoms with Crippen LogP contribution in [0.4, 0.5) is 0 Å². The van der Waals surface area contributed by atoms with Crippen molar-refractivity contribution in [2.45, 2.75) is 61.2 Å². The topological polar surface area (TPSA) is 316 Å². The molecule has 2 aliphatic heterocycles. The SMILES string of the molecule is COc1cc(O)c(O)cc1/C=C/C(=O)OC[C@H]1OC(Oc2cc3oc(-c4ccc(O)cc4)cc(=O)c3c(O)c2[C@@H]2O[C@H](CO)[C@@H](O)[C@H](O)[C@H]2O)[C@H](O)[C@@H](O)[C@@H]1O. The maximum Gasteiger partial charge on any atom is 0.330 e. The maximum atomic E-state index is 13.5. The van der Waals surface area contributed by atoms with Gasteiger partial charge in [-0.3, -0.25) is 4.79 Å². The third-order valence-electron chi connectivity index (χ3n) is 9.35. The molecule has 4 aromatic rings. The zero-order chi connectivity index (χ0) is 40.6. The van der Waals surface area contributed by atoms with Crippen LogP contribution in [0.2, 0.25) is 0 Å². The third kappa shape index (κ3) is 7.80. The molecule has 2 aliphatic rings. The molecule has 1 unspecified atom stereocenters. The second-order valence-electron chi connectivity index (χ2n) is 13.0. The van der Waals surface area contributed by atoms with Gasteiger partial charge in [0.1, 0.15) is 101 Å². The number of carbonyl (C=O) groups is 1. The van der Waals surface area contributed by atoms with Crippen molar-refractivity contribution >= 4 is 23.0 Å². The lowest BCUT2D eigenvalue weighted by Crippen LogP contribution is -2.60. The normalized spacial score (nSPS) is 28.0. The highest BCUT2D eigenvalue weighted by molar-refractivity contribution is 5.89. The number of aliphatic hydroxyl groups excluding tert-OH is 7. The van der Waals surface area contributed by atoms with E-state index in [-0.39, 0.29) is 28.4 Å². The summed E-state index contributed by atoms with van der Waals surface area (Å²) in [6.07, 6.45) is -16.4. The maximum absolute atomic E-state index is 13.5. The zero-order valence-electron chi connectivity index (χ0n) is 29.1. The molecule has 0 amide bonds. The second-order valence-corrected chi connectivity index (χ2v) is 13.0. The highest BCUT2D eigenvalue weighted by atomic mass is 16.7. The molecule has 0 aliphatic carbocycles. The van der Waals surface area contributed by atoms with Crippen LogP contribution in [0.15, 0.2) is 63.8 Å². The minimum Gasteiger partial charge on any atom is -0.508 e. The zero-order valence-corrected chi connectivity index (χ0v) is 29.1. The van der Waals surface area contributed by atoms with E-state index in [2.05, 4.69) is 0 Å². The van der Waals surface area contributed by atoms with E-state index in [4.69, 9.17) is 28.1 Å². The lowest BCUT2D eigenvalue weighted by Gasteiger charge is -2.42. The number of rotatable bonds is 10. The Labute approximate surface area is 315 Å². The number of hydrogen-bond donors (Lipinski definition) is 11. The Bertz CT molecular complexity index is 2150. The van der Waals surface area contributed by atoms with Crippen molar-refractivity contribution in [1.82, 2.24) is 0 Å². The Kier molecular flexibility index (Phi) is 11.7. The molecule has 2 saturated heterocycles. The average Bonchev–Trinajstić information content (AvgIpc) is 3.17. The number of fused-ring (bicyclic) bond motifs is 1. The van der Waals surface area contributed by atoms with Gasteiger partial charge in [0.15, 0.2) is 16.9 Å². The van der Waals surface area contributed by atoms with Crippen molar-refractivity contribution in [3.05, 3.63) is 76.0 Å². The number of benzene rings is 3. The van der Waals surface area contributed by atoms with Gasteiger partial charge < -0.3 is 84.3 Å². The third-order valence-corrected chi connectivity index (χ3v) is 9.35. The molecule has 0 bridgehead atoms. The molecule has 1 aromatic heterocycles. The van der Waals surface area contributed by atoms with Gasteiger partial charge in [-0.2, -0.15) is 0 Å². The molecule has 19 nitrogen and oxygen atoms in total. The number of carbonyl (C=O) groups excluding carboxylic acids is 1. The Morgan fingerprint density at radius 2 is 1.45 bits per heavy atom. The van der Waals surface area contributed by atoms with Gasteiger partial charge in [0.25, 0.3) is 0 Å². The van der Waals surface area contributed by atoms with Crippen LogP contribution in [0.1, 0.15) is 17.2 Å². The number of phenols is 4. The Morgan fingerprint density at radius 1 is 0.786 bits per heavy atom. The monoisotopic (exact) mass is 786 g/mol. The van der Waals surface area contributed by atoms with Crippen molar-refractivity contribution in [1.29, 1.82) is 0 Å². The number of methoxy groups -OCH3 is 1. The molecule has 10 atom stereocenters. The molecule has 11 N–H and O–H groups in total. The van der Waals surface area contributed by atoms with E-state index in [1.807, 2.05) is 0 Å². The largest absolute Gasteiger partial charge is 0.508 e. The molecule has 0 saturated carbocycles. The summed E-state index contributed by atoms with van der Waals surface area (Å²) in [4.78, 5) is 26.1. The Hall–Kier alpha value is -5.48. The number of aromatic hydroxyl groups is 4. The number of ether oxygens (including phenoxy) is 5. The quantitative estimate of drug-likeness (QED) is 0.0535. The highest BCUT2D eigenvalue weighted by Gasteiger charge is 2.49. The Balaban J connectivity index is 1.34. The van der Waals surface area contributed by atoms with Crippen molar-refractivity contribution in [2.24, 2.45) is 0 Å². The predicted molar refractivity (Wildman–Crippen MR) is 188 cm³/mol. The minimum absolute atomic E-state index is 0.0301. The van der Waals surface area contributed by atoms with E-state index >= 15 is 0 Å². The number of phenolic OH excluding ortho intramolecular Hbond substituents is 4. The molecule has 300 valence electrons. The molecule has 3 heterocycles. The first-order valence-electron chi connectivity index (χ1n) is 16.9. The van der Waals surface area contributed by atoms with Gasteiger partial charge in [-0.25, -0.2) is 4.79 Å². The number of esters is 1.